The zero-order valence-corrected chi connectivity index (χ0v) is 14.0. The van der Waals surface area contributed by atoms with Crippen LogP contribution in [0.4, 0.5) is 0 Å². The Kier molecular flexibility index (Phi) is 4.69. The Morgan fingerprint density at radius 1 is 1.05 bits per heavy atom. The molecule has 0 saturated heterocycles. The van der Waals surface area contributed by atoms with Gasteiger partial charge in [0.1, 0.15) is 0 Å². The van der Waals surface area contributed by atoms with Gasteiger partial charge in [0.05, 0.1) is 0 Å². The molecule has 0 spiro atoms. The lowest BCUT2D eigenvalue weighted by atomic mass is 9.79. The quantitative estimate of drug-likeness (QED) is 0.820. The summed E-state index contributed by atoms with van der Waals surface area (Å²) in [5.74, 6) is 1.73. The summed E-state index contributed by atoms with van der Waals surface area (Å²) in [6, 6.07) is 8.40. The van der Waals surface area contributed by atoms with Crippen molar-refractivity contribution < 1.29 is 0 Å². The molecular weight excluding hydrogens is 254 g/mol. The number of hydrogen-bond donors (Lipinski definition) is 1. The van der Waals surface area contributed by atoms with Crippen LogP contribution in [0.1, 0.15) is 75.6 Å². The van der Waals surface area contributed by atoms with Gasteiger partial charge in [-0.05, 0) is 80.4 Å². The molecule has 4 unspecified atom stereocenters. The number of aryl methyl sites for hydroxylation is 2. The maximum absolute atomic E-state index is 3.91. The van der Waals surface area contributed by atoms with E-state index in [0.29, 0.717) is 12.1 Å². The minimum Gasteiger partial charge on any atom is -0.307 e. The first kappa shape index (κ1) is 15.1. The number of nitrogens with one attached hydrogen (secondary N) is 1. The molecule has 0 aliphatic heterocycles. The average molecular weight is 285 g/mol. The van der Waals surface area contributed by atoms with E-state index in [9.17, 15) is 0 Å². The van der Waals surface area contributed by atoms with E-state index in [1.807, 2.05) is 0 Å². The van der Waals surface area contributed by atoms with Crippen LogP contribution in [0, 0.1) is 11.8 Å². The van der Waals surface area contributed by atoms with Crippen LogP contribution in [0.5, 0.6) is 0 Å². The molecule has 1 fully saturated rings. The van der Waals surface area contributed by atoms with E-state index in [1.54, 1.807) is 11.1 Å². The van der Waals surface area contributed by atoms with Gasteiger partial charge in [-0.25, -0.2) is 0 Å². The molecule has 1 N–H and O–H groups in total. The van der Waals surface area contributed by atoms with Gasteiger partial charge in [-0.3, -0.25) is 0 Å². The topological polar surface area (TPSA) is 12.0 Å². The smallest absolute Gasteiger partial charge is 0.0294 e. The van der Waals surface area contributed by atoms with Crippen LogP contribution in [0.3, 0.4) is 0 Å². The Labute approximate surface area is 130 Å². The van der Waals surface area contributed by atoms with Crippen molar-refractivity contribution in [1.82, 2.24) is 5.32 Å². The number of fused-ring (bicyclic) bond motifs is 1. The third-order valence-corrected chi connectivity index (χ3v) is 5.77. The van der Waals surface area contributed by atoms with Gasteiger partial charge < -0.3 is 5.32 Å². The highest BCUT2D eigenvalue weighted by molar-refractivity contribution is 5.35. The first-order valence-corrected chi connectivity index (χ1v) is 9.01. The van der Waals surface area contributed by atoms with Crippen molar-refractivity contribution in [3.63, 3.8) is 0 Å². The normalized spacial score (nSPS) is 30.7. The van der Waals surface area contributed by atoms with Crippen molar-refractivity contribution in [3.05, 3.63) is 34.9 Å². The summed E-state index contributed by atoms with van der Waals surface area (Å²) >= 11 is 0. The first-order chi connectivity index (χ1) is 10.1. The van der Waals surface area contributed by atoms with Crippen molar-refractivity contribution in [2.24, 2.45) is 11.8 Å². The summed E-state index contributed by atoms with van der Waals surface area (Å²) in [6.07, 6.45) is 9.43. The molecule has 1 saturated carbocycles. The largest absolute Gasteiger partial charge is 0.307 e. The van der Waals surface area contributed by atoms with Crippen LogP contribution in [0.25, 0.3) is 0 Å². The van der Waals surface area contributed by atoms with Gasteiger partial charge in [-0.15, -0.1) is 0 Å². The Morgan fingerprint density at radius 2 is 1.81 bits per heavy atom. The molecule has 0 radical (unpaired) electrons. The van der Waals surface area contributed by atoms with Crippen molar-refractivity contribution in [3.8, 4) is 0 Å². The van der Waals surface area contributed by atoms with E-state index in [1.165, 1.54) is 50.5 Å². The highest BCUT2D eigenvalue weighted by atomic mass is 15.0. The van der Waals surface area contributed by atoms with Crippen LogP contribution >= 0.6 is 0 Å². The molecule has 21 heavy (non-hydrogen) atoms. The molecule has 0 heterocycles. The number of hydrogen-bond acceptors (Lipinski definition) is 1. The summed E-state index contributed by atoms with van der Waals surface area (Å²) < 4.78 is 0. The molecule has 2 aliphatic carbocycles. The van der Waals surface area contributed by atoms with E-state index < -0.39 is 0 Å². The Bertz CT molecular complexity index is 479. The van der Waals surface area contributed by atoms with E-state index >= 15 is 0 Å². The second-order valence-electron chi connectivity index (χ2n) is 7.63. The van der Waals surface area contributed by atoms with Crippen molar-refractivity contribution in [1.29, 1.82) is 0 Å². The van der Waals surface area contributed by atoms with Gasteiger partial charge in [0.15, 0.2) is 0 Å². The number of benzene rings is 1. The van der Waals surface area contributed by atoms with E-state index in [-0.39, 0.29) is 0 Å². The molecule has 0 bridgehead atoms. The lowest BCUT2D eigenvalue weighted by Gasteiger charge is -2.35. The zero-order chi connectivity index (χ0) is 14.8. The maximum atomic E-state index is 3.91. The summed E-state index contributed by atoms with van der Waals surface area (Å²) in [5, 5.41) is 3.91. The molecule has 0 amide bonds. The Hall–Kier alpha value is -0.820. The minimum absolute atomic E-state index is 0.484. The fourth-order valence-corrected chi connectivity index (χ4v) is 4.35. The fourth-order valence-electron chi connectivity index (χ4n) is 4.35. The lowest BCUT2D eigenvalue weighted by molar-refractivity contribution is 0.216. The molecule has 1 aromatic carbocycles. The molecule has 4 atom stereocenters. The van der Waals surface area contributed by atoms with Crippen LogP contribution in [0.2, 0.25) is 0 Å². The summed E-state index contributed by atoms with van der Waals surface area (Å²) in [6.45, 7) is 7.17. The molecule has 0 aromatic heterocycles. The third kappa shape index (κ3) is 3.51. The van der Waals surface area contributed by atoms with Crippen LogP contribution in [-0.2, 0) is 12.8 Å². The lowest BCUT2D eigenvalue weighted by Crippen LogP contribution is -2.40. The van der Waals surface area contributed by atoms with Crippen LogP contribution in [-0.4, -0.2) is 6.04 Å². The maximum Gasteiger partial charge on any atom is 0.0294 e. The molecular formula is C20H31N. The van der Waals surface area contributed by atoms with Crippen molar-refractivity contribution in [2.45, 2.75) is 77.8 Å². The molecule has 1 nitrogen and oxygen atoms in total. The standard InChI is InChI=1S/C20H31N/c1-14-8-11-20(15(2)12-14)21-16(3)18-10-9-17-6-4-5-7-19(17)13-18/h9-10,13-16,20-21H,4-8,11-12H2,1-3H3. The third-order valence-electron chi connectivity index (χ3n) is 5.77. The Balaban J connectivity index is 1.66. The van der Waals surface area contributed by atoms with Gasteiger partial charge >= 0.3 is 0 Å². The van der Waals surface area contributed by atoms with Crippen LogP contribution < -0.4 is 5.32 Å². The minimum atomic E-state index is 0.484. The van der Waals surface area contributed by atoms with Gasteiger partial charge in [0.2, 0.25) is 0 Å². The van der Waals surface area contributed by atoms with Gasteiger partial charge in [-0.1, -0.05) is 32.0 Å². The van der Waals surface area contributed by atoms with Crippen LogP contribution in [0.15, 0.2) is 18.2 Å². The predicted molar refractivity (Wildman–Crippen MR) is 90.6 cm³/mol. The molecule has 3 rings (SSSR count). The molecule has 1 aromatic rings. The van der Waals surface area contributed by atoms with Crippen molar-refractivity contribution >= 4 is 0 Å². The van der Waals surface area contributed by atoms with E-state index in [2.05, 4.69) is 44.3 Å². The first-order valence-electron chi connectivity index (χ1n) is 9.01. The summed E-state index contributed by atoms with van der Waals surface area (Å²) in [7, 11) is 0. The van der Waals surface area contributed by atoms with E-state index in [0.717, 1.165) is 11.8 Å². The number of rotatable bonds is 3. The van der Waals surface area contributed by atoms with E-state index in [4.69, 9.17) is 0 Å². The monoisotopic (exact) mass is 285 g/mol. The molecule has 1 heteroatoms. The fraction of sp³-hybridized carbons (Fsp3) is 0.700. The van der Waals surface area contributed by atoms with Crippen molar-refractivity contribution in [2.75, 3.05) is 0 Å². The Morgan fingerprint density at radius 3 is 2.57 bits per heavy atom. The molecule has 2 aliphatic rings. The zero-order valence-electron chi connectivity index (χ0n) is 14.0. The highest BCUT2D eigenvalue weighted by Crippen LogP contribution is 2.31. The SMILES string of the molecule is CC1CCC(NC(C)c2ccc3c(c2)CCCC3)C(C)C1. The highest BCUT2D eigenvalue weighted by Gasteiger charge is 2.26. The average Bonchev–Trinajstić information content (AvgIpc) is 2.49. The second kappa shape index (κ2) is 6.52. The van der Waals surface area contributed by atoms with Gasteiger partial charge in [0, 0.05) is 12.1 Å². The predicted octanol–water partition coefficient (Wildman–Crippen LogP) is 5.04. The van der Waals surface area contributed by atoms with Gasteiger partial charge in [0.25, 0.3) is 0 Å². The van der Waals surface area contributed by atoms with Gasteiger partial charge in [-0.2, -0.15) is 0 Å². The second-order valence-corrected chi connectivity index (χ2v) is 7.63. The molecule has 116 valence electrons. The summed E-state index contributed by atoms with van der Waals surface area (Å²) in [4.78, 5) is 0. The summed E-state index contributed by atoms with van der Waals surface area (Å²) in [5.41, 5.74) is 4.69.